The molecule has 2 aromatic heterocycles. The molecule has 0 unspecified atom stereocenters. The highest BCUT2D eigenvalue weighted by molar-refractivity contribution is 6.42. The van der Waals surface area contributed by atoms with Crippen LogP contribution in [-0.2, 0) is 13.2 Å². The van der Waals surface area contributed by atoms with Crippen LogP contribution in [0.2, 0.25) is 10.0 Å². The van der Waals surface area contributed by atoms with Crippen molar-refractivity contribution in [2.24, 2.45) is 0 Å². The number of piperidine rings is 1. The maximum absolute atomic E-state index is 11.5. The summed E-state index contributed by atoms with van der Waals surface area (Å²) in [7, 11) is 0. The van der Waals surface area contributed by atoms with E-state index in [-0.39, 0.29) is 12.7 Å². The van der Waals surface area contributed by atoms with E-state index in [9.17, 15) is 9.59 Å². The van der Waals surface area contributed by atoms with Gasteiger partial charge in [0.2, 0.25) is 0 Å². The zero-order valence-corrected chi connectivity index (χ0v) is 18.5. The van der Waals surface area contributed by atoms with Crippen LogP contribution in [0.1, 0.15) is 24.1 Å². The Hall–Kier alpha value is -2.88. The van der Waals surface area contributed by atoms with Gasteiger partial charge in [-0.1, -0.05) is 29.3 Å². The number of rotatable bonds is 7. The van der Waals surface area contributed by atoms with E-state index in [0.29, 0.717) is 34.0 Å². The number of nitrogens with one attached hydrogen (secondary N) is 2. The molecular weight excluding hydrogens is 457 g/mol. The lowest BCUT2D eigenvalue weighted by atomic mass is 10.1. The van der Waals surface area contributed by atoms with Crippen LogP contribution in [0.25, 0.3) is 0 Å². The standard InChI is InChI=1S/C21H21Cl2N5O4/c22-16-2-1-13(9-17(16)23)12-31-19-20(25-6-5-24-19)32-15-3-7-28(8-4-15)11-14-10-18(29)27-21(30)26-14/h1-2,5-6,9-10,15H,3-4,7-8,11-12H2,(H2,26,27,29,30). The van der Waals surface area contributed by atoms with Gasteiger partial charge in [0.05, 0.1) is 10.0 Å². The van der Waals surface area contributed by atoms with Crippen molar-refractivity contribution in [3.63, 3.8) is 0 Å². The molecule has 1 saturated heterocycles. The second kappa shape index (κ2) is 10.2. The Balaban J connectivity index is 1.32. The van der Waals surface area contributed by atoms with Gasteiger partial charge in [-0.2, -0.15) is 0 Å². The number of ether oxygens (including phenoxy) is 2. The van der Waals surface area contributed by atoms with Crippen molar-refractivity contribution >= 4 is 23.2 Å². The lowest BCUT2D eigenvalue weighted by molar-refractivity contribution is 0.0876. The van der Waals surface area contributed by atoms with Crippen LogP contribution in [0.15, 0.2) is 46.2 Å². The first-order valence-electron chi connectivity index (χ1n) is 10.1. The molecule has 0 bridgehead atoms. The van der Waals surface area contributed by atoms with E-state index in [1.165, 1.54) is 6.07 Å². The second-order valence-corrected chi connectivity index (χ2v) is 8.22. The van der Waals surface area contributed by atoms with Crippen molar-refractivity contribution < 1.29 is 9.47 Å². The molecule has 0 spiro atoms. The zero-order valence-electron chi connectivity index (χ0n) is 17.0. The van der Waals surface area contributed by atoms with Crippen LogP contribution in [0.5, 0.6) is 11.8 Å². The number of hydrogen-bond acceptors (Lipinski definition) is 7. The fourth-order valence-corrected chi connectivity index (χ4v) is 3.78. The summed E-state index contributed by atoms with van der Waals surface area (Å²) in [6.07, 6.45) is 4.57. The maximum atomic E-state index is 11.5. The number of aromatic nitrogens is 4. The molecule has 0 aliphatic carbocycles. The minimum absolute atomic E-state index is 0.0477. The quantitative estimate of drug-likeness (QED) is 0.537. The number of nitrogens with zero attached hydrogens (tertiary/aromatic N) is 3. The number of H-pyrrole nitrogens is 2. The molecule has 0 radical (unpaired) electrons. The number of aromatic amines is 2. The molecule has 4 rings (SSSR count). The summed E-state index contributed by atoms with van der Waals surface area (Å²) >= 11 is 12.0. The lowest BCUT2D eigenvalue weighted by Crippen LogP contribution is -2.38. The van der Waals surface area contributed by atoms with Crippen molar-refractivity contribution in [3.05, 3.63) is 78.8 Å². The average Bonchev–Trinajstić information content (AvgIpc) is 2.76. The molecule has 168 valence electrons. The van der Waals surface area contributed by atoms with Crippen LogP contribution in [0, 0.1) is 0 Å². The van der Waals surface area contributed by atoms with Gasteiger partial charge in [0.25, 0.3) is 17.3 Å². The van der Waals surface area contributed by atoms with Gasteiger partial charge >= 0.3 is 5.69 Å². The largest absolute Gasteiger partial charge is 0.470 e. The van der Waals surface area contributed by atoms with E-state index in [1.807, 2.05) is 6.07 Å². The van der Waals surface area contributed by atoms with Gasteiger partial charge in [-0.25, -0.2) is 14.8 Å². The van der Waals surface area contributed by atoms with Gasteiger partial charge in [0.1, 0.15) is 12.7 Å². The third-order valence-electron chi connectivity index (χ3n) is 5.02. The highest BCUT2D eigenvalue weighted by Gasteiger charge is 2.23. The summed E-state index contributed by atoms with van der Waals surface area (Å²) in [5.41, 5.74) is 0.534. The van der Waals surface area contributed by atoms with Gasteiger partial charge < -0.3 is 14.5 Å². The predicted octanol–water partition coefficient (Wildman–Crippen LogP) is 2.78. The molecule has 9 nitrogen and oxygen atoms in total. The van der Waals surface area contributed by atoms with Gasteiger partial charge in [0, 0.05) is 43.8 Å². The molecule has 3 heterocycles. The van der Waals surface area contributed by atoms with Crippen molar-refractivity contribution in [1.29, 1.82) is 0 Å². The fourth-order valence-electron chi connectivity index (χ4n) is 3.46. The summed E-state index contributed by atoms with van der Waals surface area (Å²) in [6, 6.07) is 6.69. The smallest absolute Gasteiger partial charge is 0.325 e. The van der Waals surface area contributed by atoms with E-state index in [1.54, 1.807) is 24.5 Å². The van der Waals surface area contributed by atoms with Crippen LogP contribution in [0.3, 0.4) is 0 Å². The molecule has 0 atom stereocenters. The van der Waals surface area contributed by atoms with Crippen LogP contribution < -0.4 is 20.7 Å². The molecular formula is C21H21Cl2N5O4. The number of likely N-dealkylation sites (tertiary alicyclic amines) is 1. The monoisotopic (exact) mass is 477 g/mol. The van der Waals surface area contributed by atoms with E-state index >= 15 is 0 Å². The molecule has 3 aromatic rings. The zero-order chi connectivity index (χ0) is 22.5. The van der Waals surface area contributed by atoms with Crippen molar-refractivity contribution in [2.45, 2.75) is 32.1 Å². The molecule has 1 aliphatic rings. The lowest BCUT2D eigenvalue weighted by Gasteiger charge is -2.31. The van der Waals surface area contributed by atoms with Crippen molar-refractivity contribution in [3.8, 4) is 11.8 Å². The molecule has 32 heavy (non-hydrogen) atoms. The Morgan fingerprint density at radius 1 is 1.00 bits per heavy atom. The first-order valence-corrected chi connectivity index (χ1v) is 10.8. The number of benzene rings is 1. The first kappa shape index (κ1) is 22.3. The summed E-state index contributed by atoms with van der Waals surface area (Å²) in [6.45, 7) is 2.24. The molecule has 0 amide bonds. The van der Waals surface area contributed by atoms with Gasteiger partial charge in [0.15, 0.2) is 0 Å². The SMILES string of the molecule is O=c1cc(CN2CCC(Oc3nccnc3OCc3ccc(Cl)c(Cl)c3)CC2)[nH]c(=O)[nH]1. The summed E-state index contributed by atoms with van der Waals surface area (Å²) < 4.78 is 11.9. The Labute approximate surface area is 193 Å². The number of hydrogen-bond donors (Lipinski definition) is 2. The Morgan fingerprint density at radius 2 is 1.75 bits per heavy atom. The average molecular weight is 478 g/mol. The van der Waals surface area contributed by atoms with E-state index in [4.69, 9.17) is 32.7 Å². The third-order valence-corrected chi connectivity index (χ3v) is 5.75. The molecule has 1 aliphatic heterocycles. The molecule has 2 N–H and O–H groups in total. The van der Waals surface area contributed by atoms with Gasteiger partial charge in [-0.15, -0.1) is 0 Å². The second-order valence-electron chi connectivity index (χ2n) is 7.41. The Kier molecular flexibility index (Phi) is 7.09. The third kappa shape index (κ3) is 5.87. The number of halogens is 2. The van der Waals surface area contributed by atoms with E-state index in [0.717, 1.165) is 31.5 Å². The predicted molar refractivity (Wildman–Crippen MR) is 119 cm³/mol. The molecule has 11 heteroatoms. The van der Waals surface area contributed by atoms with Crippen LogP contribution >= 0.6 is 23.2 Å². The fraction of sp³-hybridized carbons (Fsp3) is 0.333. The minimum atomic E-state index is -0.498. The maximum Gasteiger partial charge on any atom is 0.325 e. The van der Waals surface area contributed by atoms with Crippen LogP contribution in [-0.4, -0.2) is 44.0 Å². The van der Waals surface area contributed by atoms with Gasteiger partial charge in [-0.3, -0.25) is 14.7 Å². The van der Waals surface area contributed by atoms with Crippen LogP contribution in [0.4, 0.5) is 0 Å². The van der Waals surface area contributed by atoms with E-state index in [2.05, 4.69) is 24.8 Å². The van der Waals surface area contributed by atoms with Crippen molar-refractivity contribution in [1.82, 2.24) is 24.8 Å². The topological polar surface area (TPSA) is 113 Å². The van der Waals surface area contributed by atoms with E-state index < -0.39 is 11.2 Å². The molecule has 0 saturated carbocycles. The highest BCUT2D eigenvalue weighted by Crippen LogP contribution is 2.27. The molecule has 1 fully saturated rings. The minimum Gasteiger partial charge on any atom is -0.470 e. The van der Waals surface area contributed by atoms with Crippen molar-refractivity contribution in [2.75, 3.05) is 13.1 Å². The summed E-state index contributed by atoms with van der Waals surface area (Å²) in [5.74, 6) is 0.645. The summed E-state index contributed by atoms with van der Waals surface area (Å²) in [5, 5.41) is 0.940. The first-order chi connectivity index (χ1) is 15.5. The molecule has 1 aromatic carbocycles. The Bertz CT molecular complexity index is 1160. The van der Waals surface area contributed by atoms with Gasteiger partial charge in [-0.05, 0) is 30.5 Å². The summed E-state index contributed by atoms with van der Waals surface area (Å²) in [4.78, 5) is 38.4. The normalized spacial score (nSPS) is 14.9. The Morgan fingerprint density at radius 3 is 2.47 bits per heavy atom. The highest BCUT2D eigenvalue weighted by atomic mass is 35.5.